The van der Waals surface area contributed by atoms with Crippen LogP contribution in [0.15, 0.2) is 12.1 Å². The maximum atomic E-state index is 11.3. The first-order valence-electron chi connectivity index (χ1n) is 6.52. The van der Waals surface area contributed by atoms with Crippen molar-refractivity contribution < 1.29 is 19.2 Å². The lowest BCUT2D eigenvalue weighted by Crippen LogP contribution is -2.21. The minimum absolute atomic E-state index is 0.153. The molecule has 0 atom stereocenters. The molecule has 2 rings (SSSR count). The van der Waals surface area contributed by atoms with E-state index in [1.165, 1.54) is 6.07 Å². The summed E-state index contributed by atoms with van der Waals surface area (Å²) < 4.78 is 4.76. The molecule has 21 heavy (non-hydrogen) atoms. The number of nitro groups is 1. The molecule has 8 heteroatoms. The van der Waals surface area contributed by atoms with E-state index in [-0.39, 0.29) is 30.4 Å². The average Bonchev–Trinajstić information content (AvgIpc) is 2.44. The van der Waals surface area contributed by atoms with Crippen molar-refractivity contribution in [2.45, 2.75) is 19.8 Å². The Balaban J connectivity index is 2.25. The Labute approximate surface area is 120 Å². The number of anilines is 2. The summed E-state index contributed by atoms with van der Waals surface area (Å²) in [4.78, 5) is 33.2. The van der Waals surface area contributed by atoms with Gasteiger partial charge in [-0.3, -0.25) is 19.7 Å². The number of fused-ring (bicyclic) bond motifs is 1. The highest BCUT2D eigenvalue weighted by atomic mass is 16.6. The van der Waals surface area contributed by atoms with E-state index in [1.807, 2.05) is 0 Å². The van der Waals surface area contributed by atoms with Crippen LogP contribution in [0.3, 0.4) is 0 Å². The van der Waals surface area contributed by atoms with E-state index < -0.39 is 10.9 Å². The van der Waals surface area contributed by atoms with Crippen LogP contribution >= 0.6 is 0 Å². The van der Waals surface area contributed by atoms with E-state index in [4.69, 9.17) is 4.74 Å². The molecule has 0 unspecified atom stereocenters. The smallest absolute Gasteiger partial charge is 0.325 e. The third kappa shape index (κ3) is 3.47. The molecule has 0 aromatic heterocycles. The van der Waals surface area contributed by atoms with E-state index in [9.17, 15) is 19.7 Å². The van der Waals surface area contributed by atoms with Crippen molar-refractivity contribution in [3.05, 3.63) is 27.8 Å². The van der Waals surface area contributed by atoms with Crippen LogP contribution < -0.4 is 10.6 Å². The Morgan fingerprint density at radius 3 is 2.90 bits per heavy atom. The highest BCUT2D eigenvalue weighted by Crippen LogP contribution is 2.33. The zero-order valence-corrected chi connectivity index (χ0v) is 11.5. The van der Waals surface area contributed by atoms with Gasteiger partial charge < -0.3 is 15.4 Å². The fraction of sp³-hybridized carbons (Fsp3) is 0.385. The van der Waals surface area contributed by atoms with Crippen molar-refractivity contribution in [1.82, 2.24) is 0 Å². The van der Waals surface area contributed by atoms with E-state index in [0.29, 0.717) is 18.5 Å². The number of benzene rings is 1. The molecule has 0 radical (unpaired) electrons. The SMILES string of the molecule is CCOC(=O)CNc1cc2c(cc1[N+](=O)[O-])NC(=O)CC2. The number of hydrogen-bond donors (Lipinski definition) is 2. The molecule has 0 aliphatic carbocycles. The van der Waals surface area contributed by atoms with E-state index in [1.54, 1.807) is 13.0 Å². The van der Waals surface area contributed by atoms with Gasteiger partial charge in [0.25, 0.3) is 5.69 Å². The van der Waals surface area contributed by atoms with E-state index >= 15 is 0 Å². The fourth-order valence-electron chi connectivity index (χ4n) is 2.09. The number of carbonyl (C=O) groups excluding carboxylic acids is 2. The minimum atomic E-state index is -0.561. The summed E-state index contributed by atoms with van der Waals surface area (Å²) >= 11 is 0. The Bertz CT molecular complexity index is 600. The molecule has 8 nitrogen and oxygen atoms in total. The van der Waals surface area contributed by atoms with Gasteiger partial charge >= 0.3 is 5.97 Å². The predicted molar refractivity (Wildman–Crippen MR) is 75.2 cm³/mol. The first kappa shape index (κ1) is 14.8. The van der Waals surface area contributed by atoms with Crippen LogP contribution in [-0.2, 0) is 20.7 Å². The number of hydrogen-bond acceptors (Lipinski definition) is 6. The number of nitrogens with one attached hydrogen (secondary N) is 2. The molecular weight excluding hydrogens is 278 g/mol. The van der Waals surface area contributed by atoms with Gasteiger partial charge in [0.1, 0.15) is 12.2 Å². The highest BCUT2D eigenvalue weighted by Gasteiger charge is 2.22. The second-order valence-electron chi connectivity index (χ2n) is 4.49. The lowest BCUT2D eigenvalue weighted by molar-refractivity contribution is -0.383. The number of nitro benzene ring substituents is 1. The van der Waals surface area contributed by atoms with Gasteiger partial charge in [-0.2, -0.15) is 0 Å². The van der Waals surface area contributed by atoms with Gasteiger partial charge in [0.05, 0.1) is 17.2 Å². The van der Waals surface area contributed by atoms with Crippen LogP contribution in [0.5, 0.6) is 0 Å². The summed E-state index contributed by atoms with van der Waals surface area (Å²) in [5, 5.41) is 16.4. The Morgan fingerprint density at radius 1 is 1.48 bits per heavy atom. The van der Waals surface area contributed by atoms with Crippen LogP contribution in [0.25, 0.3) is 0 Å². The fourth-order valence-corrected chi connectivity index (χ4v) is 2.09. The molecule has 1 aliphatic rings. The van der Waals surface area contributed by atoms with Gasteiger partial charge in [-0.15, -0.1) is 0 Å². The molecule has 1 amide bonds. The number of rotatable bonds is 5. The maximum Gasteiger partial charge on any atom is 0.325 e. The standard InChI is InChI=1S/C13H15N3O5/c1-2-21-13(18)7-14-10-5-8-3-4-12(17)15-9(8)6-11(10)16(19)20/h5-6,14H,2-4,7H2,1H3,(H,15,17). The largest absolute Gasteiger partial charge is 0.465 e. The molecule has 1 aliphatic heterocycles. The number of carbonyl (C=O) groups is 2. The van der Waals surface area contributed by atoms with Crippen LogP contribution in [0.1, 0.15) is 18.9 Å². The van der Waals surface area contributed by atoms with Crippen LogP contribution in [0.2, 0.25) is 0 Å². The molecule has 0 bridgehead atoms. The summed E-state index contributed by atoms with van der Waals surface area (Å²) in [5.41, 5.74) is 1.29. The second kappa shape index (κ2) is 6.21. The lowest BCUT2D eigenvalue weighted by atomic mass is 10.0. The number of aryl methyl sites for hydroxylation is 1. The van der Waals surface area contributed by atoms with Gasteiger partial charge in [0.15, 0.2) is 0 Å². The van der Waals surface area contributed by atoms with Gasteiger partial charge in [0, 0.05) is 12.5 Å². The molecule has 1 heterocycles. The Hall–Kier alpha value is -2.64. The minimum Gasteiger partial charge on any atom is -0.465 e. The third-order valence-corrected chi connectivity index (χ3v) is 3.04. The normalized spacial score (nSPS) is 13.1. The van der Waals surface area contributed by atoms with Crippen LogP contribution in [0.4, 0.5) is 17.1 Å². The predicted octanol–water partition coefficient (Wildman–Crippen LogP) is 1.45. The topological polar surface area (TPSA) is 111 Å². The number of ether oxygens (including phenoxy) is 1. The van der Waals surface area contributed by atoms with Gasteiger partial charge in [-0.05, 0) is 25.0 Å². The van der Waals surface area contributed by atoms with Gasteiger partial charge in [0.2, 0.25) is 5.91 Å². The summed E-state index contributed by atoms with van der Waals surface area (Å²) in [7, 11) is 0. The molecule has 2 N–H and O–H groups in total. The highest BCUT2D eigenvalue weighted by molar-refractivity contribution is 5.95. The first-order valence-corrected chi connectivity index (χ1v) is 6.52. The molecular formula is C13H15N3O5. The second-order valence-corrected chi connectivity index (χ2v) is 4.49. The average molecular weight is 293 g/mol. The van der Waals surface area contributed by atoms with Crippen LogP contribution in [0, 0.1) is 10.1 Å². The summed E-state index contributed by atoms with van der Waals surface area (Å²) in [6, 6.07) is 2.89. The van der Waals surface area contributed by atoms with E-state index in [0.717, 1.165) is 5.56 Å². The quantitative estimate of drug-likeness (QED) is 0.483. The summed E-state index contributed by atoms with van der Waals surface area (Å²) in [6.07, 6.45) is 0.843. The van der Waals surface area contributed by atoms with Gasteiger partial charge in [-0.1, -0.05) is 0 Å². The van der Waals surface area contributed by atoms with Crippen molar-refractivity contribution >= 4 is 28.9 Å². The van der Waals surface area contributed by atoms with Crippen LogP contribution in [-0.4, -0.2) is 30.0 Å². The van der Waals surface area contributed by atoms with Crippen molar-refractivity contribution in [2.24, 2.45) is 0 Å². The number of amides is 1. The monoisotopic (exact) mass is 293 g/mol. The number of esters is 1. The van der Waals surface area contributed by atoms with Crippen molar-refractivity contribution in [2.75, 3.05) is 23.8 Å². The molecule has 0 saturated heterocycles. The molecule has 0 spiro atoms. The maximum absolute atomic E-state index is 11.3. The summed E-state index contributed by atoms with van der Waals surface area (Å²) in [5.74, 6) is -0.651. The Morgan fingerprint density at radius 2 is 2.24 bits per heavy atom. The van der Waals surface area contributed by atoms with Gasteiger partial charge in [-0.25, -0.2) is 0 Å². The molecule has 1 aromatic carbocycles. The summed E-state index contributed by atoms with van der Waals surface area (Å²) in [6.45, 7) is 1.78. The molecule has 1 aromatic rings. The zero-order chi connectivity index (χ0) is 15.4. The molecule has 112 valence electrons. The third-order valence-electron chi connectivity index (χ3n) is 3.04. The van der Waals surface area contributed by atoms with Crippen molar-refractivity contribution in [1.29, 1.82) is 0 Å². The lowest BCUT2D eigenvalue weighted by Gasteiger charge is -2.18. The number of nitrogens with zero attached hydrogens (tertiary/aromatic N) is 1. The molecule has 0 saturated carbocycles. The van der Waals surface area contributed by atoms with Crippen molar-refractivity contribution in [3.8, 4) is 0 Å². The first-order chi connectivity index (χ1) is 10.0. The molecule has 0 fully saturated rings. The van der Waals surface area contributed by atoms with Crippen molar-refractivity contribution in [3.63, 3.8) is 0 Å². The zero-order valence-electron chi connectivity index (χ0n) is 11.5. The van der Waals surface area contributed by atoms with E-state index in [2.05, 4.69) is 10.6 Å². The Kier molecular flexibility index (Phi) is 4.36.